The van der Waals surface area contributed by atoms with Crippen molar-refractivity contribution in [3.05, 3.63) is 17.3 Å². The first-order valence-electron chi connectivity index (χ1n) is 8.27. The van der Waals surface area contributed by atoms with Gasteiger partial charge in [0.1, 0.15) is 0 Å². The molecular weight excluding hydrogens is 280 g/mol. The SMILES string of the molecule is CCCNCc1c(N2CC3CCCC3C2)nc2sccn12. The van der Waals surface area contributed by atoms with Gasteiger partial charge in [0.15, 0.2) is 10.8 Å². The maximum absolute atomic E-state index is 4.93. The van der Waals surface area contributed by atoms with Crippen LogP contribution in [0, 0.1) is 11.8 Å². The summed E-state index contributed by atoms with van der Waals surface area (Å²) in [6.07, 6.45) is 7.62. The molecule has 5 heteroatoms. The largest absolute Gasteiger partial charge is 0.354 e. The molecule has 2 aromatic heterocycles. The minimum Gasteiger partial charge on any atom is -0.354 e. The van der Waals surface area contributed by atoms with E-state index >= 15 is 0 Å². The molecule has 1 aliphatic carbocycles. The van der Waals surface area contributed by atoms with Gasteiger partial charge in [-0.2, -0.15) is 0 Å². The van der Waals surface area contributed by atoms with E-state index < -0.39 is 0 Å². The lowest BCUT2D eigenvalue weighted by atomic mass is 10.0. The van der Waals surface area contributed by atoms with Gasteiger partial charge in [-0.1, -0.05) is 13.3 Å². The summed E-state index contributed by atoms with van der Waals surface area (Å²) >= 11 is 1.74. The predicted octanol–water partition coefficient (Wildman–Crippen LogP) is 3.13. The molecule has 1 saturated carbocycles. The quantitative estimate of drug-likeness (QED) is 0.861. The van der Waals surface area contributed by atoms with Crippen LogP contribution in [0.2, 0.25) is 0 Å². The van der Waals surface area contributed by atoms with Gasteiger partial charge in [-0.3, -0.25) is 4.40 Å². The molecule has 2 aliphatic rings. The summed E-state index contributed by atoms with van der Waals surface area (Å²) in [5, 5.41) is 5.68. The topological polar surface area (TPSA) is 32.6 Å². The lowest BCUT2D eigenvalue weighted by molar-refractivity contribution is 0.494. The Labute approximate surface area is 130 Å². The van der Waals surface area contributed by atoms with Crippen LogP contribution < -0.4 is 10.2 Å². The summed E-state index contributed by atoms with van der Waals surface area (Å²) in [6, 6.07) is 0. The van der Waals surface area contributed by atoms with E-state index in [1.165, 1.54) is 50.3 Å². The minimum atomic E-state index is 0.918. The molecule has 2 aromatic rings. The predicted molar refractivity (Wildman–Crippen MR) is 88.1 cm³/mol. The second-order valence-electron chi connectivity index (χ2n) is 6.47. The van der Waals surface area contributed by atoms with Crippen LogP contribution in [0.15, 0.2) is 11.6 Å². The van der Waals surface area contributed by atoms with E-state index in [0.717, 1.165) is 29.9 Å². The van der Waals surface area contributed by atoms with E-state index in [-0.39, 0.29) is 0 Å². The molecule has 2 fully saturated rings. The zero-order valence-electron chi connectivity index (χ0n) is 12.7. The summed E-state index contributed by atoms with van der Waals surface area (Å²) in [6.45, 7) is 6.65. The molecule has 1 saturated heterocycles. The zero-order valence-corrected chi connectivity index (χ0v) is 13.5. The second kappa shape index (κ2) is 5.61. The lowest BCUT2D eigenvalue weighted by Gasteiger charge is -2.19. The number of nitrogens with one attached hydrogen (secondary N) is 1. The highest BCUT2D eigenvalue weighted by molar-refractivity contribution is 7.15. The fourth-order valence-electron chi connectivity index (χ4n) is 4.03. The Balaban J connectivity index is 1.61. The van der Waals surface area contributed by atoms with Gasteiger partial charge in [0, 0.05) is 31.2 Å². The average Bonchev–Trinajstić information content (AvgIpc) is 3.17. The maximum atomic E-state index is 4.93. The molecule has 0 spiro atoms. The highest BCUT2D eigenvalue weighted by Crippen LogP contribution is 2.40. The van der Waals surface area contributed by atoms with Crippen LogP contribution in [0.3, 0.4) is 0 Å². The summed E-state index contributed by atoms with van der Waals surface area (Å²) in [7, 11) is 0. The summed E-state index contributed by atoms with van der Waals surface area (Å²) in [5.74, 6) is 3.07. The van der Waals surface area contributed by atoms with Crippen LogP contribution >= 0.6 is 11.3 Å². The van der Waals surface area contributed by atoms with Crippen LogP contribution in [0.1, 0.15) is 38.3 Å². The molecule has 114 valence electrons. The number of aromatic nitrogens is 2. The van der Waals surface area contributed by atoms with Gasteiger partial charge in [0.2, 0.25) is 0 Å². The van der Waals surface area contributed by atoms with Gasteiger partial charge in [-0.25, -0.2) is 4.98 Å². The monoisotopic (exact) mass is 304 g/mol. The number of anilines is 1. The third-order valence-corrected chi connectivity index (χ3v) is 5.84. The number of imidazole rings is 1. The zero-order chi connectivity index (χ0) is 14.2. The highest BCUT2D eigenvalue weighted by atomic mass is 32.1. The third-order valence-electron chi connectivity index (χ3n) is 5.08. The van der Waals surface area contributed by atoms with Gasteiger partial charge in [-0.05, 0) is 37.6 Å². The van der Waals surface area contributed by atoms with E-state index in [0.29, 0.717) is 0 Å². The molecule has 0 aromatic carbocycles. The van der Waals surface area contributed by atoms with Gasteiger partial charge in [0.05, 0.1) is 5.69 Å². The molecule has 1 N–H and O–H groups in total. The van der Waals surface area contributed by atoms with Crippen LogP contribution in [0.5, 0.6) is 0 Å². The number of hydrogen-bond donors (Lipinski definition) is 1. The Morgan fingerprint density at radius 1 is 1.33 bits per heavy atom. The maximum Gasteiger partial charge on any atom is 0.195 e. The molecule has 2 unspecified atom stereocenters. The normalized spacial score (nSPS) is 25.1. The average molecular weight is 304 g/mol. The molecule has 3 heterocycles. The Hall–Kier alpha value is -1.07. The van der Waals surface area contributed by atoms with Crippen molar-refractivity contribution in [3.8, 4) is 0 Å². The minimum absolute atomic E-state index is 0.918. The van der Waals surface area contributed by atoms with E-state index in [1.807, 2.05) is 0 Å². The van der Waals surface area contributed by atoms with Crippen molar-refractivity contribution >= 4 is 22.1 Å². The van der Waals surface area contributed by atoms with E-state index in [1.54, 1.807) is 11.3 Å². The molecule has 4 nitrogen and oxygen atoms in total. The van der Waals surface area contributed by atoms with Crippen molar-refractivity contribution in [2.45, 2.75) is 39.2 Å². The summed E-state index contributed by atoms with van der Waals surface area (Å²) in [4.78, 5) is 8.62. The third kappa shape index (κ3) is 2.36. The van der Waals surface area contributed by atoms with Gasteiger partial charge in [0.25, 0.3) is 0 Å². The van der Waals surface area contributed by atoms with E-state index in [4.69, 9.17) is 4.98 Å². The number of rotatable bonds is 5. The number of nitrogens with zero attached hydrogens (tertiary/aromatic N) is 3. The first-order valence-corrected chi connectivity index (χ1v) is 9.15. The lowest BCUT2D eigenvalue weighted by Crippen LogP contribution is -2.24. The molecule has 4 rings (SSSR count). The van der Waals surface area contributed by atoms with Crippen molar-refractivity contribution in [2.75, 3.05) is 24.5 Å². The Bertz CT molecular complexity index is 605. The highest BCUT2D eigenvalue weighted by Gasteiger charge is 2.37. The second-order valence-corrected chi connectivity index (χ2v) is 7.34. The van der Waals surface area contributed by atoms with Crippen molar-refractivity contribution in [3.63, 3.8) is 0 Å². The fraction of sp³-hybridized carbons (Fsp3) is 0.688. The smallest absolute Gasteiger partial charge is 0.195 e. The molecule has 21 heavy (non-hydrogen) atoms. The van der Waals surface area contributed by atoms with Crippen molar-refractivity contribution in [1.82, 2.24) is 14.7 Å². The van der Waals surface area contributed by atoms with Crippen LogP contribution in [0.25, 0.3) is 4.96 Å². The first-order chi connectivity index (χ1) is 10.4. The van der Waals surface area contributed by atoms with E-state index in [2.05, 4.69) is 33.1 Å². The molecule has 0 radical (unpaired) electrons. The molecule has 0 bridgehead atoms. The van der Waals surface area contributed by atoms with Gasteiger partial charge in [-0.15, -0.1) is 11.3 Å². The van der Waals surface area contributed by atoms with Crippen molar-refractivity contribution in [2.24, 2.45) is 11.8 Å². The van der Waals surface area contributed by atoms with Crippen LogP contribution in [-0.2, 0) is 6.54 Å². The standard InChI is InChI=1S/C16H24N4S/c1-2-6-17-9-14-15(18-16-20(14)7-8-21-16)19-10-12-4-3-5-13(12)11-19/h7-8,12-13,17H,2-6,9-11H2,1H3. The van der Waals surface area contributed by atoms with Crippen molar-refractivity contribution in [1.29, 1.82) is 0 Å². The molecule has 0 amide bonds. The number of hydrogen-bond acceptors (Lipinski definition) is 4. The summed E-state index contributed by atoms with van der Waals surface area (Å²) in [5.41, 5.74) is 1.35. The molecular formula is C16H24N4S. The Kier molecular flexibility index (Phi) is 3.63. The number of thiazole rings is 1. The van der Waals surface area contributed by atoms with E-state index in [9.17, 15) is 0 Å². The summed E-state index contributed by atoms with van der Waals surface area (Å²) < 4.78 is 2.27. The van der Waals surface area contributed by atoms with Crippen LogP contribution in [-0.4, -0.2) is 29.0 Å². The Morgan fingerprint density at radius 2 is 2.14 bits per heavy atom. The van der Waals surface area contributed by atoms with Crippen molar-refractivity contribution < 1.29 is 0 Å². The number of fused-ring (bicyclic) bond motifs is 2. The van der Waals surface area contributed by atoms with Crippen LogP contribution in [0.4, 0.5) is 5.82 Å². The van der Waals surface area contributed by atoms with Gasteiger partial charge >= 0.3 is 0 Å². The molecule has 1 aliphatic heterocycles. The fourth-order valence-corrected chi connectivity index (χ4v) is 4.76. The molecule has 2 atom stereocenters. The first kappa shape index (κ1) is 13.6. The Morgan fingerprint density at radius 3 is 2.90 bits per heavy atom. The van der Waals surface area contributed by atoms with Gasteiger partial charge < -0.3 is 10.2 Å².